The fraction of sp³-hybridized carbons (Fsp3) is 0.0714. The molecule has 6 heteroatoms. The normalized spacial score (nSPS) is 9.85. The second-order valence-corrected chi connectivity index (χ2v) is 4.19. The predicted molar refractivity (Wildman–Crippen MR) is 72.2 cm³/mol. The summed E-state index contributed by atoms with van der Waals surface area (Å²) in [5, 5.41) is 22.6. The minimum atomic E-state index is -0.715. The molecule has 0 amide bonds. The molecule has 0 spiro atoms. The zero-order valence-corrected chi connectivity index (χ0v) is 10.6. The van der Waals surface area contributed by atoms with Crippen molar-refractivity contribution >= 4 is 17.1 Å². The Hall–Kier alpha value is -2.94. The van der Waals surface area contributed by atoms with Crippen LogP contribution in [0.3, 0.4) is 0 Å². The van der Waals surface area contributed by atoms with E-state index in [1.807, 2.05) is 6.07 Å². The number of rotatable bonds is 3. The molecule has 0 saturated carbocycles. The zero-order chi connectivity index (χ0) is 14.7. The molecular formula is C14H10FN3O2. The van der Waals surface area contributed by atoms with Gasteiger partial charge in [0, 0.05) is 11.8 Å². The van der Waals surface area contributed by atoms with E-state index in [9.17, 15) is 14.5 Å². The maximum atomic E-state index is 13.3. The van der Waals surface area contributed by atoms with E-state index in [4.69, 9.17) is 5.26 Å². The van der Waals surface area contributed by atoms with Crippen molar-refractivity contribution in [3.05, 3.63) is 63.5 Å². The summed E-state index contributed by atoms with van der Waals surface area (Å²) in [7, 11) is 0. The molecule has 0 aliphatic heterocycles. The van der Waals surface area contributed by atoms with E-state index >= 15 is 0 Å². The highest BCUT2D eigenvalue weighted by Gasteiger charge is 2.11. The van der Waals surface area contributed by atoms with E-state index in [0.29, 0.717) is 11.3 Å². The highest BCUT2D eigenvalue weighted by atomic mass is 19.1. The minimum Gasteiger partial charge on any atom is -0.354 e. The number of hydrogen-bond acceptors (Lipinski definition) is 4. The van der Waals surface area contributed by atoms with Crippen molar-refractivity contribution in [2.45, 2.75) is 6.92 Å². The largest absolute Gasteiger partial charge is 0.354 e. The van der Waals surface area contributed by atoms with Gasteiger partial charge in [0.1, 0.15) is 11.9 Å². The first-order valence-corrected chi connectivity index (χ1v) is 5.73. The van der Waals surface area contributed by atoms with Crippen LogP contribution < -0.4 is 5.32 Å². The molecule has 0 unspecified atom stereocenters. The molecule has 0 fully saturated rings. The maximum absolute atomic E-state index is 13.3. The number of aryl methyl sites for hydroxylation is 1. The summed E-state index contributed by atoms with van der Waals surface area (Å²) in [6, 6.07) is 10.4. The van der Waals surface area contributed by atoms with Gasteiger partial charge < -0.3 is 5.32 Å². The van der Waals surface area contributed by atoms with Gasteiger partial charge >= 0.3 is 0 Å². The van der Waals surface area contributed by atoms with Crippen LogP contribution in [0.1, 0.15) is 11.1 Å². The van der Waals surface area contributed by atoms with Crippen molar-refractivity contribution < 1.29 is 9.31 Å². The first kappa shape index (κ1) is 13.5. The van der Waals surface area contributed by atoms with E-state index in [-0.39, 0.29) is 11.4 Å². The Morgan fingerprint density at radius 3 is 2.75 bits per heavy atom. The molecule has 0 atom stereocenters. The number of benzene rings is 2. The number of hydrogen-bond donors (Lipinski definition) is 1. The fourth-order valence-electron chi connectivity index (χ4n) is 1.83. The third-order valence-corrected chi connectivity index (χ3v) is 2.76. The van der Waals surface area contributed by atoms with Gasteiger partial charge in [-0.3, -0.25) is 10.1 Å². The Balaban J connectivity index is 2.43. The SMILES string of the molecule is Cc1cccc(Nc2cc(F)cc([N+](=O)[O-])c2)c1C#N. The molecular weight excluding hydrogens is 261 g/mol. The molecule has 2 rings (SSSR count). The summed E-state index contributed by atoms with van der Waals surface area (Å²) >= 11 is 0. The van der Waals surface area contributed by atoms with Gasteiger partial charge in [-0.25, -0.2) is 4.39 Å². The number of nitriles is 1. The highest BCUT2D eigenvalue weighted by Crippen LogP contribution is 2.26. The Bertz CT molecular complexity index is 723. The van der Waals surface area contributed by atoms with E-state index < -0.39 is 10.7 Å². The molecule has 0 saturated heterocycles. The van der Waals surface area contributed by atoms with Crippen molar-refractivity contribution in [2.24, 2.45) is 0 Å². The van der Waals surface area contributed by atoms with Crippen molar-refractivity contribution in [1.82, 2.24) is 0 Å². The van der Waals surface area contributed by atoms with Gasteiger partial charge in [0.25, 0.3) is 5.69 Å². The van der Waals surface area contributed by atoms with Crippen molar-refractivity contribution in [1.29, 1.82) is 5.26 Å². The minimum absolute atomic E-state index is 0.221. The van der Waals surface area contributed by atoms with E-state index in [0.717, 1.165) is 17.7 Å². The van der Waals surface area contributed by atoms with Gasteiger partial charge in [-0.2, -0.15) is 5.26 Å². The Morgan fingerprint density at radius 1 is 1.35 bits per heavy atom. The second kappa shape index (κ2) is 5.36. The molecule has 0 bridgehead atoms. The maximum Gasteiger partial charge on any atom is 0.274 e. The quantitative estimate of drug-likeness (QED) is 0.682. The number of nitro benzene ring substituents is 1. The molecule has 20 heavy (non-hydrogen) atoms. The summed E-state index contributed by atoms with van der Waals surface area (Å²) in [6.07, 6.45) is 0. The summed E-state index contributed by atoms with van der Waals surface area (Å²) in [5.41, 5.74) is 1.53. The average molecular weight is 271 g/mol. The van der Waals surface area contributed by atoms with Crippen LogP contribution in [0.4, 0.5) is 21.5 Å². The zero-order valence-electron chi connectivity index (χ0n) is 10.6. The van der Waals surface area contributed by atoms with Crippen LogP contribution in [-0.4, -0.2) is 4.92 Å². The monoisotopic (exact) mass is 271 g/mol. The predicted octanol–water partition coefficient (Wildman–Crippen LogP) is 3.66. The van der Waals surface area contributed by atoms with E-state index in [1.54, 1.807) is 25.1 Å². The number of nitro groups is 1. The first-order chi connectivity index (χ1) is 9.51. The van der Waals surface area contributed by atoms with Gasteiger partial charge in [0.2, 0.25) is 0 Å². The number of nitrogens with one attached hydrogen (secondary N) is 1. The molecule has 0 heterocycles. The summed E-state index contributed by atoms with van der Waals surface area (Å²) in [6.45, 7) is 1.78. The molecule has 0 radical (unpaired) electrons. The topological polar surface area (TPSA) is 79.0 Å². The van der Waals surface area contributed by atoms with Crippen LogP contribution in [0.5, 0.6) is 0 Å². The molecule has 0 aliphatic carbocycles. The second-order valence-electron chi connectivity index (χ2n) is 4.19. The first-order valence-electron chi connectivity index (χ1n) is 5.73. The van der Waals surface area contributed by atoms with Crippen LogP contribution in [-0.2, 0) is 0 Å². The molecule has 5 nitrogen and oxygen atoms in total. The number of halogens is 1. The van der Waals surface area contributed by atoms with Crippen LogP contribution in [0.2, 0.25) is 0 Å². The molecule has 100 valence electrons. The van der Waals surface area contributed by atoms with Crippen molar-refractivity contribution in [3.63, 3.8) is 0 Å². The number of anilines is 2. The lowest BCUT2D eigenvalue weighted by Gasteiger charge is -2.09. The van der Waals surface area contributed by atoms with Crippen LogP contribution in [0.15, 0.2) is 36.4 Å². The standard InChI is InChI=1S/C14H10FN3O2/c1-9-3-2-4-14(13(9)8-16)17-11-5-10(15)6-12(7-11)18(19)20/h2-7,17H,1H3. The van der Waals surface area contributed by atoms with Gasteiger partial charge in [0.05, 0.1) is 22.2 Å². The summed E-state index contributed by atoms with van der Waals surface area (Å²) < 4.78 is 13.3. The lowest BCUT2D eigenvalue weighted by molar-refractivity contribution is -0.385. The summed E-state index contributed by atoms with van der Waals surface area (Å²) in [5.74, 6) is -0.715. The number of nitrogens with zero attached hydrogens (tertiary/aromatic N) is 2. The smallest absolute Gasteiger partial charge is 0.274 e. The van der Waals surface area contributed by atoms with Crippen LogP contribution in [0.25, 0.3) is 0 Å². The molecule has 1 N–H and O–H groups in total. The van der Waals surface area contributed by atoms with Gasteiger partial charge in [-0.1, -0.05) is 12.1 Å². The average Bonchev–Trinajstić information content (AvgIpc) is 2.38. The molecule has 2 aromatic carbocycles. The molecule has 0 aromatic heterocycles. The van der Waals surface area contributed by atoms with Gasteiger partial charge in [0.15, 0.2) is 0 Å². The van der Waals surface area contributed by atoms with Crippen LogP contribution in [0, 0.1) is 34.2 Å². The van der Waals surface area contributed by atoms with E-state index in [1.165, 1.54) is 6.07 Å². The molecule has 0 aliphatic rings. The number of non-ortho nitro benzene ring substituents is 1. The van der Waals surface area contributed by atoms with Gasteiger partial charge in [-0.15, -0.1) is 0 Å². The van der Waals surface area contributed by atoms with Crippen molar-refractivity contribution in [2.75, 3.05) is 5.32 Å². The van der Waals surface area contributed by atoms with Crippen LogP contribution >= 0.6 is 0 Å². The third kappa shape index (κ3) is 2.72. The third-order valence-electron chi connectivity index (χ3n) is 2.76. The summed E-state index contributed by atoms with van der Waals surface area (Å²) in [4.78, 5) is 10.0. The lowest BCUT2D eigenvalue weighted by atomic mass is 10.1. The Morgan fingerprint density at radius 2 is 2.10 bits per heavy atom. The Labute approximate surface area is 114 Å². The lowest BCUT2D eigenvalue weighted by Crippen LogP contribution is -1.97. The molecule has 2 aromatic rings. The highest BCUT2D eigenvalue weighted by molar-refractivity contribution is 5.69. The Kier molecular flexibility index (Phi) is 3.62. The van der Waals surface area contributed by atoms with Crippen molar-refractivity contribution in [3.8, 4) is 6.07 Å². The fourth-order valence-corrected chi connectivity index (χ4v) is 1.83. The van der Waals surface area contributed by atoms with E-state index in [2.05, 4.69) is 5.32 Å². The van der Waals surface area contributed by atoms with Gasteiger partial charge in [-0.05, 0) is 24.6 Å².